The molecule has 1 aromatic rings. The first-order valence-electron chi connectivity index (χ1n) is 9.07. The van der Waals surface area contributed by atoms with E-state index < -0.39 is 23.8 Å². The summed E-state index contributed by atoms with van der Waals surface area (Å²) < 4.78 is 21.2. The highest BCUT2D eigenvalue weighted by molar-refractivity contribution is 5.87. The minimum Gasteiger partial charge on any atom is -0.479 e. The number of carbonyl (C=O) groups is 2. The van der Waals surface area contributed by atoms with E-state index in [1.54, 1.807) is 45.3 Å². The van der Waals surface area contributed by atoms with Crippen molar-refractivity contribution in [1.29, 1.82) is 0 Å². The molecule has 7 nitrogen and oxygen atoms in total. The maximum atomic E-state index is 12.1. The summed E-state index contributed by atoms with van der Waals surface area (Å²) in [6.07, 6.45) is 0.0285. The molecule has 1 atom stereocenters. The van der Waals surface area contributed by atoms with Crippen molar-refractivity contribution in [1.82, 2.24) is 0 Å². The van der Waals surface area contributed by atoms with E-state index in [-0.39, 0.29) is 0 Å². The predicted molar refractivity (Wildman–Crippen MR) is 103 cm³/mol. The number of anilines is 1. The highest BCUT2D eigenvalue weighted by atomic mass is 16.6. The Hall–Kier alpha value is -2.28. The summed E-state index contributed by atoms with van der Waals surface area (Å²) in [4.78, 5) is 25.6. The van der Waals surface area contributed by atoms with Crippen molar-refractivity contribution in [3.8, 4) is 5.75 Å². The summed E-state index contributed by atoms with van der Waals surface area (Å²) in [5.41, 5.74) is 0.0902. The van der Waals surface area contributed by atoms with E-state index in [4.69, 9.17) is 18.9 Å². The zero-order valence-electron chi connectivity index (χ0n) is 17.1. The van der Waals surface area contributed by atoms with E-state index in [1.165, 1.54) is 4.90 Å². The minimum atomic E-state index is -0.700. The second-order valence-corrected chi connectivity index (χ2v) is 7.03. The van der Waals surface area contributed by atoms with E-state index in [0.29, 0.717) is 37.5 Å². The lowest BCUT2D eigenvalue weighted by molar-refractivity contribution is -0.151. The third kappa shape index (κ3) is 8.30. The molecule has 0 heterocycles. The van der Waals surface area contributed by atoms with E-state index in [1.807, 2.05) is 20.8 Å². The smallest absolute Gasteiger partial charge is 0.414 e. The van der Waals surface area contributed by atoms with Crippen LogP contribution in [0.5, 0.6) is 5.75 Å². The van der Waals surface area contributed by atoms with Crippen LogP contribution in [-0.2, 0) is 19.0 Å². The van der Waals surface area contributed by atoms with Crippen molar-refractivity contribution in [2.75, 3.05) is 32.3 Å². The fraction of sp³-hybridized carbons (Fsp3) is 0.600. The van der Waals surface area contributed by atoms with Crippen molar-refractivity contribution < 1.29 is 28.5 Å². The SMILES string of the molecule is CCOC(=O)C(CCCOC)Oc1ccc(N(C)C(=O)OC(C)(C)C)cc1. The maximum absolute atomic E-state index is 12.1. The molecule has 0 N–H and O–H groups in total. The summed E-state index contributed by atoms with van der Waals surface area (Å²) in [6.45, 7) is 8.03. The molecule has 0 aliphatic carbocycles. The van der Waals surface area contributed by atoms with E-state index in [2.05, 4.69) is 0 Å². The number of carbonyl (C=O) groups excluding carboxylic acids is 2. The first-order valence-corrected chi connectivity index (χ1v) is 9.07. The molecule has 1 aromatic carbocycles. The van der Waals surface area contributed by atoms with Crippen LogP contribution in [0.3, 0.4) is 0 Å². The van der Waals surface area contributed by atoms with E-state index in [0.717, 1.165) is 0 Å². The third-order valence-electron chi connectivity index (χ3n) is 3.53. The molecular weight excluding hydrogens is 350 g/mol. The number of benzene rings is 1. The number of nitrogens with zero attached hydrogens (tertiary/aromatic N) is 1. The van der Waals surface area contributed by atoms with Gasteiger partial charge in [0, 0.05) is 26.5 Å². The molecule has 0 saturated carbocycles. The molecule has 0 aliphatic heterocycles. The first kappa shape index (κ1) is 22.8. The summed E-state index contributed by atoms with van der Waals surface area (Å²) in [7, 11) is 3.25. The predicted octanol–water partition coefficient (Wildman–Crippen LogP) is 3.80. The van der Waals surface area contributed by atoms with Crippen LogP contribution < -0.4 is 9.64 Å². The topological polar surface area (TPSA) is 74.3 Å². The number of ether oxygens (including phenoxy) is 4. The molecule has 152 valence electrons. The van der Waals surface area contributed by atoms with Crippen molar-refractivity contribution >= 4 is 17.7 Å². The maximum Gasteiger partial charge on any atom is 0.414 e. The second-order valence-electron chi connectivity index (χ2n) is 7.03. The van der Waals surface area contributed by atoms with Crippen LogP contribution in [0.2, 0.25) is 0 Å². The number of hydrogen-bond acceptors (Lipinski definition) is 6. The first-order chi connectivity index (χ1) is 12.7. The monoisotopic (exact) mass is 381 g/mol. The molecule has 0 radical (unpaired) electrons. The lowest BCUT2D eigenvalue weighted by Gasteiger charge is -2.25. The Kier molecular flexibility index (Phi) is 9.08. The summed E-state index contributed by atoms with van der Waals surface area (Å²) >= 11 is 0. The van der Waals surface area contributed by atoms with Gasteiger partial charge in [-0.1, -0.05) is 0 Å². The number of amides is 1. The van der Waals surface area contributed by atoms with Gasteiger partial charge in [0.15, 0.2) is 6.10 Å². The van der Waals surface area contributed by atoms with Crippen LogP contribution >= 0.6 is 0 Å². The van der Waals surface area contributed by atoms with Crippen LogP contribution in [-0.4, -0.2) is 51.1 Å². The highest BCUT2D eigenvalue weighted by Crippen LogP contribution is 2.22. The quantitative estimate of drug-likeness (QED) is 0.478. The molecule has 0 bridgehead atoms. The number of esters is 1. The van der Waals surface area contributed by atoms with E-state index in [9.17, 15) is 9.59 Å². The van der Waals surface area contributed by atoms with Crippen LogP contribution in [0, 0.1) is 0 Å². The highest BCUT2D eigenvalue weighted by Gasteiger charge is 2.23. The molecule has 0 fully saturated rings. The Balaban J connectivity index is 2.77. The lowest BCUT2D eigenvalue weighted by atomic mass is 10.2. The number of hydrogen-bond donors (Lipinski definition) is 0. The zero-order valence-corrected chi connectivity index (χ0v) is 17.1. The fourth-order valence-electron chi connectivity index (χ4n) is 2.22. The fourth-order valence-corrected chi connectivity index (χ4v) is 2.22. The normalized spacial score (nSPS) is 12.2. The van der Waals surface area contributed by atoms with Gasteiger partial charge >= 0.3 is 12.1 Å². The van der Waals surface area contributed by atoms with Crippen molar-refractivity contribution in [3.63, 3.8) is 0 Å². The zero-order chi connectivity index (χ0) is 20.4. The molecular formula is C20H31NO6. The van der Waals surface area contributed by atoms with Crippen molar-refractivity contribution in [2.45, 2.75) is 52.2 Å². The summed E-state index contributed by atoms with van der Waals surface area (Å²) in [5.74, 6) is 0.121. The third-order valence-corrected chi connectivity index (χ3v) is 3.53. The average Bonchev–Trinajstić information content (AvgIpc) is 2.59. The van der Waals surface area contributed by atoms with Gasteiger partial charge in [-0.15, -0.1) is 0 Å². The largest absolute Gasteiger partial charge is 0.479 e. The van der Waals surface area contributed by atoms with Gasteiger partial charge in [0.25, 0.3) is 0 Å². The van der Waals surface area contributed by atoms with Gasteiger partial charge in [-0.3, -0.25) is 4.90 Å². The Labute approximate surface area is 161 Å². The van der Waals surface area contributed by atoms with Crippen LogP contribution in [0.25, 0.3) is 0 Å². The lowest BCUT2D eigenvalue weighted by Crippen LogP contribution is -2.34. The van der Waals surface area contributed by atoms with Crippen molar-refractivity contribution in [2.24, 2.45) is 0 Å². The van der Waals surface area contributed by atoms with Gasteiger partial charge in [0.1, 0.15) is 11.4 Å². The molecule has 0 aliphatic rings. The average molecular weight is 381 g/mol. The Bertz CT molecular complexity index is 593. The summed E-state index contributed by atoms with van der Waals surface area (Å²) in [6, 6.07) is 6.88. The number of rotatable bonds is 9. The Morgan fingerprint density at radius 3 is 2.30 bits per heavy atom. The van der Waals surface area contributed by atoms with Crippen molar-refractivity contribution in [3.05, 3.63) is 24.3 Å². The van der Waals surface area contributed by atoms with E-state index >= 15 is 0 Å². The van der Waals surface area contributed by atoms with Gasteiger partial charge in [-0.2, -0.15) is 0 Å². The molecule has 1 unspecified atom stereocenters. The van der Waals surface area contributed by atoms with Gasteiger partial charge < -0.3 is 18.9 Å². The van der Waals surface area contributed by atoms with Crippen LogP contribution in [0.4, 0.5) is 10.5 Å². The second kappa shape index (κ2) is 10.8. The molecule has 0 spiro atoms. The molecule has 1 amide bonds. The molecule has 0 saturated heterocycles. The van der Waals surface area contributed by atoms with Crippen LogP contribution in [0.15, 0.2) is 24.3 Å². The van der Waals surface area contributed by atoms with Crippen LogP contribution in [0.1, 0.15) is 40.5 Å². The Morgan fingerprint density at radius 1 is 1.15 bits per heavy atom. The Morgan fingerprint density at radius 2 is 1.78 bits per heavy atom. The van der Waals surface area contributed by atoms with Gasteiger partial charge in [0.2, 0.25) is 0 Å². The standard InChI is InChI=1S/C20H31NO6/c1-7-25-18(22)17(9-8-14-24-6)26-16-12-10-15(11-13-16)21(5)19(23)27-20(2,3)4/h10-13,17H,7-9,14H2,1-6H3. The molecule has 27 heavy (non-hydrogen) atoms. The number of methoxy groups -OCH3 is 1. The molecule has 0 aromatic heterocycles. The minimum absolute atomic E-state index is 0.294. The summed E-state index contributed by atoms with van der Waals surface area (Å²) in [5, 5.41) is 0. The molecule has 7 heteroatoms. The van der Waals surface area contributed by atoms with Gasteiger partial charge in [-0.05, 0) is 64.8 Å². The van der Waals surface area contributed by atoms with Gasteiger partial charge in [0.05, 0.1) is 6.61 Å². The molecule has 1 rings (SSSR count). The van der Waals surface area contributed by atoms with Gasteiger partial charge in [-0.25, -0.2) is 9.59 Å².